The zero-order chi connectivity index (χ0) is 18.1. The van der Waals surface area contributed by atoms with Gasteiger partial charge in [-0.05, 0) is 61.4 Å². The second-order valence-electron chi connectivity index (χ2n) is 5.38. The van der Waals surface area contributed by atoms with Crippen LogP contribution in [-0.4, -0.2) is 19.1 Å². The third kappa shape index (κ3) is 6.36. The van der Waals surface area contributed by atoms with E-state index in [2.05, 4.69) is 5.32 Å². The van der Waals surface area contributed by atoms with Gasteiger partial charge in [-0.25, -0.2) is 0 Å². The first-order chi connectivity index (χ1) is 12.1. The molecular formula is C19H19ClN2O3. The summed E-state index contributed by atoms with van der Waals surface area (Å²) in [7, 11) is 0. The minimum atomic E-state index is -0.0819. The summed E-state index contributed by atoms with van der Waals surface area (Å²) in [5.74, 6) is 1.25. The molecule has 6 heteroatoms. The minimum absolute atomic E-state index is 0.00114. The lowest BCUT2D eigenvalue weighted by atomic mass is 10.2. The number of nitrogens with zero attached hydrogens (tertiary/aromatic N) is 1. The van der Waals surface area contributed by atoms with Gasteiger partial charge < -0.3 is 14.8 Å². The highest BCUT2D eigenvalue weighted by Gasteiger charge is 2.04. The monoisotopic (exact) mass is 358 g/mol. The Morgan fingerprint density at radius 3 is 2.56 bits per heavy atom. The van der Waals surface area contributed by atoms with E-state index in [9.17, 15) is 4.79 Å². The summed E-state index contributed by atoms with van der Waals surface area (Å²) in [4.78, 5) is 11.9. The largest absolute Gasteiger partial charge is 0.494 e. The summed E-state index contributed by atoms with van der Waals surface area (Å²) in [6, 6.07) is 14.3. The topological polar surface area (TPSA) is 71.3 Å². The lowest BCUT2D eigenvalue weighted by molar-refractivity contribution is -0.116. The Kier molecular flexibility index (Phi) is 7.12. The number of hydrogen-bond donors (Lipinski definition) is 1. The van der Waals surface area contributed by atoms with Crippen LogP contribution in [0.25, 0.3) is 0 Å². The van der Waals surface area contributed by atoms with Crippen LogP contribution in [0.3, 0.4) is 0 Å². The molecule has 25 heavy (non-hydrogen) atoms. The Morgan fingerprint density at radius 2 is 1.88 bits per heavy atom. The predicted molar refractivity (Wildman–Crippen MR) is 97.1 cm³/mol. The summed E-state index contributed by atoms with van der Waals surface area (Å²) in [6.07, 6.45) is 0.968. The molecule has 0 aliphatic heterocycles. The summed E-state index contributed by atoms with van der Waals surface area (Å²) >= 11 is 5.96. The summed E-state index contributed by atoms with van der Waals surface area (Å²) in [6.45, 7) is 2.37. The number of nitrogens with one attached hydrogen (secondary N) is 1. The molecule has 5 nitrogen and oxygen atoms in total. The maximum absolute atomic E-state index is 11.9. The first-order valence-corrected chi connectivity index (χ1v) is 8.25. The highest BCUT2D eigenvalue weighted by Crippen LogP contribution is 2.21. The number of ether oxygens (including phenoxy) is 2. The molecule has 1 N–H and O–H groups in total. The molecule has 0 aliphatic rings. The Hall–Kier alpha value is -2.71. The standard InChI is InChI=1S/C19H19ClN2O3/c1-14-13-17(8-9-18(14)20)24-11-2-3-19(23)22-15-4-6-16(7-5-15)25-12-10-21/h4-9,13H,2-3,11-12H2,1H3,(H,22,23). The van der Waals surface area contributed by atoms with E-state index in [4.69, 9.17) is 26.3 Å². The molecule has 0 saturated heterocycles. The molecule has 0 fully saturated rings. The van der Waals surface area contributed by atoms with Crippen LogP contribution in [0.1, 0.15) is 18.4 Å². The molecule has 0 spiro atoms. The first kappa shape index (κ1) is 18.6. The van der Waals surface area contributed by atoms with Crippen molar-refractivity contribution in [3.8, 4) is 17.6 Å². The van der Waals surface area contributed by atoms with Gasteiger partial charge in [-0.2, -0.15) is 5.26 Å². The molecule has 0 aliphatic carbocycles. The second kappa shape index (κ2) is 9.55. The summed E-state index contributed by atoms with van der Waals surface area (Å²) in [5.41, 5.74) is 1.64. The molecule has 0 heterocycles. The van der Waals surface area contributed by atoms with Crippen molar-refractivity contribution in [1.82, 2.24) is 0 Å². The van der Waals surface area contributed by atoms with Crippen molar-refractivity contribution in [2.45, 2.75) is 19.8 Å². The number of benzene rings is 2. The van der Waals surface area contributed by atoms with Gasteiger partial charge in [-0.1, -0.05) is 11.6 Å². The zero-order valence-electron chi connectivity index (χ0n) is 13.9. The normalized spacial score (nSPS) is 9.96. The summed E-state index contributed by atoms with van der Waals surface area (Å²) < 4.78 is 10.8. The molecule has 2 aromatic carbocycles. The molecular weight excluding hydrogens is 340 g/mol. The Bertz CT molecular complexity index is 754. The molecule has 0 saturated carbocycles. The van der Waals surface area contributed by atoms with E-state index < -0.39 is 0 Å². The average Bonchev–Trinajstić information content (AvgIpc) is 2.61. The van der Waals surface area contributed by atoms with Crippen LogP contribution in [0.4, 0.5) is 5.69 Å². The smallest absolute Gasteiger partial charge is 0.224 e. The average molecular weight is 359 g/mol. The van der Waals surface area contributed by atoms with E-state index in [0.717, 1.165) is 11.3 Å². The molecule has 0 aromatic heterocycles. The molecule has 0 atom stereocenters. The van der Waals surface area contributed by atoms with Gasteiger partial charge >= 0.3 is 0 Å². The van der Waals surface area contributed by atoms with Gasteiger partial charge in [0.25, 0.3) is 0 Å². The molecule has 0 bridgehead atoms. The van der Waals surface area contributed by atoms with Crippen molar-refractivity contribution in [1.29, 1.82) is 5.26 Å². The number of nitriles is 1. The molecule has 0 radical (unpaired) electrons. The van der Waals surface area contributed by atoms with Gasteiger partial charge in [0.2, 0.25) is 5.91 Å². The van der Waals surface area contributed by atoms with Crippen molar-refractivity contribution in [2.75, 3.05) is 18.5 Å². The Labute approximate surface area is 152 Å². The first-order valence-electron chi connectivity index (χ1n) is 7.87. The predicted octanol–water partition coefficient (Wildman–Crippen LogP) is 4.35. The molecule has 0 unspecified atom stereocenters. The third-order valence-corrected chi connectivity index (χ3v) is 3.81. The van der Waals surface area contributed by atoms with Crippen LogP contribution >= 0.6 is 11.6 Å². The maximum atomic E-state index is 11.9. The van der Waals surface area contributed by atoms with Crippen molar-refractivity contribution in [3.05, 3.63) is 53.1 Å². The highest BCUT2D eigenvalue weighted by atomic mass is 35.5. The Balaban J connectivity index is 1.70. The van der Waals surface area contributed by atoms with Crippen molar-refractivity contribution < 1.29 is 14.3 Å². The number of carbonyl (C=O) groups excluding carboxylic acids is 1. The van der Waals surface area contributed by atoms with Gasteiger partial charge in [0.1, 0.15) is 17.6 Å². The van der Waals surface area contributed by atoms with Crippen LogP contribution in [-0.2, 0) is 4.79 Å². The SMILES string of the molecule is Cc1cc(OCCCC(=O)Nc2ccc(OCC#N)cc2)ccc1Cl. The maximum Gasteiger partial charge on any atom is 0.224 e. The molecule has 130 valence electrons. The Morgan fingerprint density at radius 1 is 1.16 bits per heavy atom. The van der Waals surface area contributed by atoms with Crippen molar-refractivity contribution in [3.63, 3.8) is 0 Å². The number of rotatable bonds is 8. The van der Waals surface area contributed by atoms with Crippen molar-refractivity contribution in [2.24, 2.45) is 0 Å². The van der Waals surface area contributed by atoms with Crippen LogP contribution in [0, 0.1) is 18.3 Å². The molecule has 2 aromatic rings. The second-order valence-corrected chi connectivity index (χ2v) is 5.79. The van der Waals surface area contributed by atoms with E-state index in [1.165, 1.54) is 0 Å². The minimum Gasteiger partial charge on any atom is -0.494 e. The van der Waals surface area contributed by atoms with Crippen LogP contribution in [0.2, 0.25) is 5.02 Å². The number of halogens is 1. The quantitative estimate of drug-likeness (QED) is 0.712. The van der Waals surface area contributed by atoms with Gasteiger partial charge in [-0.15, -0.1) is 0 Å². The van der Waals surface area contributed by atoms with Crippen molar-refractivity contribution >= 4 is 23.2 Å². The fourth-order valence-corrected chi connectivity index (χ4v) is 2.22. The third-order valence-electron chi connectivity index (χ3n) is 3.39. The zero-order valence-corrected chi connectivity index (χ0v) is 14.7. The molecule has 1 amide bonds. The van der Waals surface area contributed by atoms with E-state index in [-0.39, 0.29) is 12.5 Å². The van der Waals surface area contributed by atoms with E-state index >= 15 is 0 Å². The van der Waals surface area contributed by atoms with E-state index in [1.807, 2.05) is 25.1 Å². The van der Waals surface area contributed by atoms with Crippen LogP contribution in [0.15, 0.2) is 42.5 Å². The van der Waals surface area contributed by atoms with E-state index in [0.29, 0.717) is 35.9 Å². The van der Waals surface area contributed by atoms with Gasteiger partial charge in [-0.3, -0.25) is 4.79 Å². The molecule has 2 rings (SSSR count). The van der Waals surface area contributed by atoms with Crippen LogP contribution < -0.4 is 14.8 Å². The number of aryl methyl sites for hydroxylation is 1. The number of amides is 1. The number of carbonyl (C=O) groups is 1. The fourth-order valence-electron chi connectivity index (χ4n) is 2.10. The van der Waals surface area contributed by atoms with Crippen LogP contribution in [0.5, 0.6) is 11.5 Å². The number of anilines is 1. The fraction of sp³-hybridized carbons (Fsp3) is 0.263. The summed E-state index contributed by atoms with van der Waals surface area (Å²) in [5, 5.41) is 12.0. The van der Waals surface area contributed by atoms with Gasteiger partial charge in [0.05, 0.1) is 6.61 Å². The lowest BCUT2D eigenvalue weighted by Gasteiger charge is -2.09. The highest BCUT2D eigenvalue weighted by molar-refractivity contribution is 6.31. The van der Waals surface area contributed by atoms with Gasteiger partial charge in [0, 0.05) is 17.1 Å². The number of hydrogen-bond acceptors (Lipinski definition) is 4. The van der Waals surface area contributed by atoms with Gasteiger partial charge in [0.15, 0.2) is 6.61 Å². The van der Waals surface area contributed by atoms with E-state index in [1.54, 1.807) is 30.3 Å². The lowest BCUT2D eigenvalue weighted by Crippen LogP contribution is -2.12.